The zero-order valence-corrected chi connectivity index (χ0v) is 16.2. The molecule has 26 heavy (non-hydrogen) atoms. The molecule has 2 atom stereocenters. The van der Waals surface area contributed by atoms with Crippen molar-refractivity contribution in [3.05, 3.63) is 29.0 Å². The third-order valence-corrected chi connectivity index (χ3v) is 6.28. The lowest BCUT2D eigenvalue weighted by molar-refractivity contribution is -0.137. The monoisotopic (exact) mass is 450 g/mol. The Balaban J connectivity index is 1.68. The first-order chi connectivity index (χ1) is 12.3. The van der Waals surface area contributed by atoms with Gasteiger partial charge in [-0.15, -0.1) is 0 Å². The molecule has 1 aromatic heterocycles. The number of nitrogens with one attached hydrogen (secondary N) is 1. The number of benzene rings is 1. The Hall–Kier alpha value is -0.780. The highest BCUT2D eigenvalue weighted by Crippen LogP contribution is 2.39. The van der Waals surface area contributed by atoms with Crippen LogP contribution in [0.15, 0.2) is 18.2 Å². The fourth-order valence-corrected chi connectivity index (χ4v) is 4.78. The second kappa shape index (κ2) is 6.68. The van der Waals surface area contributed by atoms with Gasteiger partial charge in [0.1, 0.15) is 6.67 Å². The Kier molecular flexibility index (Phi) is 4.77. The van der Waals surface area contributed by atoms with Crippen molar-refractivity contribution in [2.75, 3.05) is 25.1 Å². The summed E-state index contributed by atoms with van der Waals surface area (Å²) in [4.78, 5) is 6.38. The minimum atomic E-state index is -4.42. The summed E-state index contributed by atoms with van der Waals surface area (Å²) in [6, 6.07) is 3.83. The molecule has 142 valence electrons. The molecule has 2 aliphatic rings. The number of alkyl halides is 4. The number of fused-ring (bicyclic) bond motifs is 1. The summed E-state index contributed by atoms with van der Waals surface area (Å²) < 4.78 is 38.8. The number of rotatable bonds is 5. The van der Waals surface area contributed by atoms with Crippen molar-refractivity contribution in [2.24, 2.45) is 0 Å². The van der Waals surface area contributed by atoms with Gasteiger partial charge in [0.2, 0.25) is 0 Å². The van der Waals surface area contributed by atoms with Crippen molar-refractivity contribution in [3.8, 4) is 0 Å². The number of thiazole rings is 1. The van der Waals surface area contributed by atoms with E-state index in [1.807, 2.05) is 0 Å². The zero-order valence-electron chi connectivity index (χ0n) is 13.8. The molecule has 10 heteroatoms. The highest BCUT2D eigenvalue weighted by molar-refractivity contribution is 9.09. The Bertz CT molecular complexity index is 812. The molecule has 5 nitrogen and oxygen atoms in total. The minimum absolute atomic E-state index is 0.234. The lowest BCUT2D eigenvalue weighted by atomic mass is 10.2. The van der Waals surface area contributed by atoms with Gasteiger partial charge in [0.15, 0.2) is 6.17 Å². The molecule has 0 bridgehead atoms. The molecule has 2 unspecified atom stereocenters. The fraction of sp³-hybridized carbons (Fsp3) is 0.562. The summed E-state index contributed by atoms with van der Waals surface area (Å²) in [7, 11) is 0. The number of aromatic nitrogens is 1. The summed E-state index contributed by atoms with van der Waals surface area (Å²) in [5, 5.41) is 18.2. The maximum atomic E-state index is 13.7. The van der Waals surface area contributed by atoms with Crippen LogP contribution in [0.3, 0.4) is 0 Å². The van der Waals surface area contributed by atoms with E-state index in [-0.39, 0.29) is 18.4 Å². The minimum Gasteiger partial charge on any atom is -0.623 e. The van der Waals surface area contributed by atoms with Gasteiger partial charge in [0.25, 0.3) is 5.13 Å². The molecule has 1 aliphatic heterocycles. The third kappa shape index (κ3) is 3.50. The molecule has 1 aromatic carbocycles. The van der Waals surface area contributed by atoms with E-state index in [4.69, 9.17) is 0 Å². The number of halogens is 4. The van der Waals surface area contributed by atoms with Crippen LogP contribution >= 0.6 is 27.3 Å². The van der Waals surface area contributed by atoms with Gasteiger partial charge < -0.3 is 5.21 Å². The number of nitrogens with zero attached hydrogens (tertiary/aromatic N) is 3. The quantitative estimate of drug-likeness (QED) is 0.426. The Morgan fingerprint density at radius 3 is 2.81 bits per heavy atom. The van der Waals surface area contributed by atoms with Crippen LogP contribution in [-0.4, -0.2) is 47.2 Å². The molecule has 0 amide bonds. The molecule has 0 spiro atoms. The van der Waals surface area contributed by atoms with E-state index < -0.39 is 16.4 Å². The smallest absolute Gasteiger partial charge is 0.416 e. The van der Waals surface area contributed by atoms with Crippen LogP contribution in [0, 0.1) is 5.21 Å². The second-order valence-electron chi connectivity index (χ2n) is 6.84. The lowest BCUT2D eigenvalue weighted by Crippen LogP contribution is -2.56. The fourth-order valence-electron chi connectivity index (χ4n) is 3.25. The molecular formula is C16H18BrF3N4OS. The Labute approximate surface area is 161 Å². The Morgan fingerprint density at radius 2 is 2.15 bits per heavy atom. The molecule has 1 saturated heterocycles. The first-order valence-electron chi connectivity index (χ1n) is 8.41. The van der Waals surface area contributed by atoms with Crippen molar-refractivity contribution in [1.29, 1.82) is 0 Å². The first kappa shape index (κ1) is 18.6. The van der Waals surface area contributed by atoms with E-state index in [0.29, 0.717) is 22.4 Å². The molecular weight excluding hydrogens is 433 g/mol. The first-order valence-corrected chi connectivity index (χ1v) is 10.3. The van der Waals surface area contributed by atoms with Crippen molar-refractivity contribution in [1.82, 2.24) is 19.8 Å². The van der Waals surface area contributed by atoms with E-state index in [1.165, 1.54) is 17.4 Å². The average molecular weight is 451 g/mol. The van der Waals surface area contributed by atoms with Crippen LogP contribution in [-0.2, 0) is 6.18 Å². The molecule has 1 N–H and O–H groups in total. The SMILES string of the molecule is [O-][N+]1(c2nc3cc(C(F)(F)F)ccc3s2)CN(CCBr)CC1NC1CC1. The van der Waals surface area contributed by atoms with Gasteiger partial charge in [0, 0.05) is 17.9 Å². The Morgan fingerprint density at radius 1 is 1.38 bits per heavy atom. The molecule has 2 heterocycles. The summed E-state index contributed by atoms with van der Waals surface area (Å²) >= 11 is 4.59. The van der Waals surface area contributed by atoms with Crippen molar-refractivity contribution < 1.29 is 13.2 Å². The standard InChI is InChI=1S/C16H18BrF3N4OS/c17-5-6-23-8-14(21-11-2-3-11)24(25,9-23)15-22-12-7-10(16(18,19)20)1-4-13(12)26-15/h1,4,7,11,14,21H,2-3,5-6,8-9H2. The van der Waals surface area contributed by atoms with Crippen LogP contribution in [0.2, 0.25) is 0 Å². The van der Waals surface area contributed by atoms with E-state index in [2.05, 4.69) is 31.1 Å². The van der Waals surface area contributed by atoms with Crippen molar-refractivity contribution in [3.63, 3.8) is 0 Å². The van der Waals surface area contributed by atoms with Crippen LogP contribution < -0.4 is 9.96 Å². The van der Waals surface area contributed by atoms with E-state index >= 15 is 0 Å². The largest absolute Gasteiger partial charge is 0.623 e. The van der Waals surface area contributed by atoms with E-state index in [1.54, 1.807) is 0 Å². The predicted molar refractivity (Wildman–Crippen MR) is 100.0 cm³/mol. The summed E-state index contributed by atoms with van der Waals surface area (Å²) in [5.74, 6) is 0. The zero-order chi connectivity index (χ0) is 18.5. The van der Waals surface area contributed by atoms with Gasteiger partial charge in [-0.3, -0.25) is 9.96 Å². The molecule has 4 rings (SSSR count). The van der Waals surface area contributed by atoms with Gasteiger partial charge in [-0.2, -0.15) is 18.2 Å². The van der Waals surface area contributed by atoms with Crippen LogP contribution in [0.5, 0.6) is 0 Å². The van der Waals surface area contributed by atoms with Crippen LogP contribution in [0.1, 0.15) is 18.4 Å². The van der Waals surface area contributed by atoms with Gasteiger partial charge >= 0.3 is 6.18 Å². The highest BCUT2D eigenvalue weighted by Gasteiger charge is 2.45. The number of hydroxylamine groups is 2. The summed E-state index contributed by atoms with van der Waals surface area (Å²) in [6.45, 7) is 1.60. The predicted octanol–water partition coefficient (Wildman–Crippen LogP) is 3.87. The van der Waals surface area contributed by atoms with Gasteiger partial charge in [-0.1, -0.05) is 27.3 Å². The van der Waals surface area contributed by atoms with Crippen LogP contribution in [0.25, 0.3) is 10.2 Å². The number of hydrogen-bond acceptors (Lipinski definition) is 5. The highest BCUT2D eigenvalue weighted by atomic mass is 79.9. The van der Waals surface area contributed by atoms with Crippen molar-refractivity contribution >= 4 is 42.6 Å². The average Bonchev–Trinajstić information content (AvgIpc) is 3.17. The molecule has 0 radical (unpaired) electrons. The molecule has 2 fully saturated rings. The van der Waals surface area contributed by atoms with Crippen LogP contribution in [0.4, 0.5) is 18.3 Å². The van der Waals surface area contributed by atoms with E-state index in [0.717, 1.165) is 36.8 Å². The summed E-state index contributed by atoms with van der Waals surface area (Å²) in [5.41, 5.74) is -0.508. The number of hydrogen-bond donors (Lipinski definition) is 1. The summed E-state index contributed by atoms with van der Waals surface area (Å²) in [6.07, 6.45) is -2.64. The third-order valence-electron chi connectivity index (χ3n) is 4.78. The van der Waals surface area contributed by atoms with Gasteiger partial charge in [0.05, 0.1) is 22.3 Å². The normalized spacial score (nSPS) is 27.5. The van der Waals surface area contributed by atoms with Gasteiger partial charge in [-0.25, -0.2) is 4.90 Å². The second-order valence-corrected chi connectivity index (χ2v) is 8.64. The topological polar surface area (TPSA) is 51.2 Å². The maximum Gasteiger partial charge on any atom is 0.416 e. The van der Waals surface area contributed by atoms with Gasteiger partial charge in [-0.05, 0) is 31.0 Å². The number of quaternary nitrogens is 1. The van der Waals surface area contributed by atoms with Crippen molar-refractivity contribution in [2.45, 2.75) is 31.2 Å². The van der Waals surface area contributed by atoms with E-state index in [9.17, 15) is 18.4 Å². The maximum absolute atomic E-state index is 13.7. The molecule has 1 saturated carbocycles. The molecule has 1 aliphatic carbocycles. The molecule has 2 aromatic rings. The lowest BCUT2D eigenvalue weighted by Gasteiger charge is -2.40.